The predicted octanol–water partition coefficient (Wildman–Crippen LogP) is 2.02. The Labute approximate surface area is 80.6 Å². The smallest absolute Gasteiger partial charge is 0.0477 e. The van der Waals surface area contributed by atoms with E-state index in [-0.39, 0.29) is 5.38 Å². The molecule has 0 aliphatic carbocycles. The van der Waals surface area contributed by atoms with Crippen LogP contribution in [0.3, 0.4) is 0 Å². The van der Waals surface area contributed by atoms with E-state index in [4.69, 9.17) is 16.3 Å². The molecule has 3 heteroatoms. The molecule has 1 atom stereocenters. The summed E-state index contributed by atoms with van der Waals surface area (Å²) in [6, 6.07) is 0. The number of alkyl halides is 1. The number of hydrogen-bond donors (Lipinski definition) is 1. The number of hydrogen-bond acceptors (Lipinski definition) is 2. The molecule has 0 fully saturated rings. The summed E-state index contributed by atoms with van der Waals surface area (Å²) in [6.45, 7) is 7.68. The molecule has 0 rings (SSSR count). The van der Waals surface area contributed by atoms with Crippen LogP contribution >= 0.6 is 11.6 Å². The topological polar surface area (TPSA) is 21.3 Å². The maximum atomic E-state index is 5.91. The predicted molar refractivity (Wildman–Crippen MR) is 53.9 cm³/mol. The third-order valence-electron chi connectivity index (χ3n) is 1.66. The van der Waals surface area contributed by atoms with Gasteiger partial charge in [-0.25, -0.2) is 0 Å². The van der Waals surface area contributed by atoms with Crippen LogP contribution in [-0.4, -0.2) is 31.7 Å². The summed E-state index contributed by atoms with van der Waals surface area (Å²) >= 11 is 5.91. The maximum absolute atomic E-state index is 5.91. The van der Waals surface area contributed by atoms with E-state index in [0.29, 0.717) is 0 Å². The van der Waals surface area contributed by atoms with Crippen molar-refractivity contribution in [2.24, 2.45) is 0 Å². The molecule has 12 heavy (non-hydrogen) atoms. The van der Waals surface area contributed by atoms with Crippen LogP contribution in [-0.2, 0) is 4.74 Å². The van der Waals surface area contributed by atoms with Crippen LogP contribution in [0.4, 0.5) is 0 Å². The molecule has 0 bridgehead atoms. The van der Waals surface area contributed by atoms with E-state index in [9.17, 15) is 0 Å². The van der Waals surface area contributed by atoms with Crippen molar-refractivity contribution in [1.82, 2.24) is 5.32 Å². The molecule has 0 spiro atoms. The zero-order chi connectivity index (χ0) is 9.23. The van der Waals surface area contributed by atoms with Gasteiger partial charge in [0.25, 0.3) is 0 Å². The Balaban J connectivity index is 2.90. The number of rotatable bonds is 8. The Kier molecular flexibility index (Phi) is 9.46. The van der Waals surface area contributed by atoms with E-state index >= 15 is 0 Å². The summed E-state index contributed by atoms with van der Waals surface area (Å²) in [5, 5.41) is 3.56. The molecule has 0 saturated carbocycles. The van der Waals surface area contributed by atoms with Gasteiger partial charge in [-0.15, -0.1) is 11.6 Å². The molecule has 2 nitrogen and oxygen atoms in total. The highest BCUT2D eigenvalue weighted by Crippen LogP contribution is 1.97. The Morgan fingerprint density at radius 3 is 2.75 bits per heavy atom. The second-order valence-corrected chi connectivity index (χ2v) is 3.38. The van der Waals surface area contributed by atoms with Gasteiger partial charge in [0.05, 0.1) is 0 Å². The van der Waals surface area contributed by atoms with Crippen LogP contribution in [0.15, 0.2) is 0 Å². The maximum Gasteiger partial charge on any atom is 0.0477 e. The van der Waals surface area contributed by atoms with Gasteiger partial charge in [0.2, 0.25) is 0 Å². The van der Waals surface area contributed by atoms with Crippen molar-refractivity contribution >= 4 is 11.6 Å². The fourth-order valence-corrected chi connectivity index (χ4v) is 0.956. The van der Waals surface area contributed by atoms with Crippen molar-refractivity contribution in [1.29, 1.82) is 0 Å². The number of nitrogens with one attached hydrogen (secondary N) is 1. The third kappa shape index (κ3) is 8.31. The molecule has 0 aliphatic rings. The summed E-state index contributed by atoms with van der Waals surface area (Å²) in [4.78, 5) is 0. The van der Waals surface area contributed by atoms with E-state index in [1.54, 1.807) is 0 Å². The molecular formula is C9H20ClNO. The summed E-state index contributed by atoms with van der Waals surface area (Å²) in [6.07, 6.45) is 2.10. The van der Waals surface area contributed by atoms with Gasteiger partial charge < -0.3 is 10.1 Å². The molecule has 74 valence electrons. The lowest BCUT2D eigenvalue weighted by molar-refractivity contribution is 0.145. The second kappa shape index (κ2) is 9.30. The molecule has 1 unspecified atom stereocenters. The van der Waals surface area contributed by atoms with E-state index in [2.05, 4.69) is 12.2 Å². The van der Waals surface area contributed by atoms with E-state index in [0.717, 1.165) is 39.1 Å². The number of ether oxygens (including phenoxy) is 1. The average molecular weight is 194 g/mol. The Bertz CT molecular complexity index is 90.6. The van der Waals surface area contributed by atoms with Crippen LogP contribution < -0.4 is 5.32 Å². The minimum Gasteiger partial charge on any atom is -0.382 e. The first-order valence-corrected chi connectivity index (χ1v) is 5.17. The minimum atomic E-state index is 0.275. The van der Waals surface area contributed by atoms with Crippen molar-refractivity contribution in [2.75, 3.05) is 26.3 Å². The normalized spacial score (nSPS) is 13.2. The molecule has 0 aliphatic heterocycles. The third-order valence-corrected chi connectivity index (χ3v) is 2.12. The van der Waals surface area contributed by atoms with Gasteiger partial charge >= 0.3 is 0 Å². The molecule has 0 amide bonds. The lowest BCUT2D eigenvalue weighted by Gasteiger charge is -2.07. The van der Waals surface area contributed by atoms with Gasteiger partial charge in [-0.1, -0.05) is 6.92 Å². The van der Waals surface area contributed by atoms with Gasteiger partial charge in [0, 0.05) is 25.1 Å². The first-order valence-electron chi connectivity index (χ1n) is 4.73. The van der Waals surface area contributed by atoms with Crippen LogP contribution in [0.2, 0.25) is 0 Å². The number of halogens is 1. The van der Waals surface area contributed by atoms with Crippen LogP contribution in [0.5, 0.6) is 0 Å². The van der Waals surface area contributed by atoms with Gasteiger partial charge in [0.1, 0.15) is 0 Å². The molecule has 0 aromatic heterocycles. The molecule has 0 aromatic rings. The van der Waals surface area contributed by atoms with Crippen molar-refractivity contribution in [3.05, 3.63) is 0 Å². The Hall–Kier alpha value is 0.210. The fraction of sp³-hybridized carbons (Fsp3) is 1.00. The van der Waals surface area contributed by atoms with Gasteiger partial charge in [-0.3, -0.25) is 0 Å². The minimum absolute atomic E-state index is 0.275. The Morgan fingerprint density at radius 1 is 1.42 bits per heavy atom. The van der Waals surface area contributed by atoms with Gasteiger partial charge in [0.15, 0.2) is 0 Å². The summed E-state index contributed by atoms with van der Waals surface area (Å²) in [5.74, 6) is 0. The zero-order valence-electron chi connectivity index (χ0n) is 8.11. The molecule has 1 N–H and O–H groups in total. The lowest BCUT2D eigenvalue weighted by Crippen LogP contribution is -2.24. The van der Waals surface area contributed by atoms with E-state index in [1.165, 1.54) is 0 Å². The molecule has 0 saturated heterocycles. The summed E-state index contributed by atoms with van der Waals surface area (Å²) in [7, 11) is 0. The summed E-state index contributed by atoms with van der Waals surface area (Å²) in [5.41, 5.74) is 0. The molecule has 0 heterocycles. The van der Waals surface area contributed by atoms with Crippen LogP contribution in [0.1, 0.15) is 26.7 Å². The van der Waals surface area contributed by atoms with Crippen molar-refractivity contribution < 1.29 is 4.74 Å². The SMILES string of the molecule is CCOCCCNCC(Cl)CC. The summed E-state index contributed by atoms with van der Waals surface area (Å²) < 4.78 is 5.19. The Morgan fingerprint density at radius 2 is 2.17 bits per heavy atom. The first-order chi connectivity index (χ1) is 5.81. The highest BCUT2D eigenvalue weighted by Gasteiger charge is 1.98. The quantitative estimate of drug-likeness (QED) is 0.471. The largest absolute Gasteiger partial charge is 0.382 e. The lowest BCUT2D eigenvalue weighted by atomic mass is 10.3. The van der Waals surface area contributed by atoms with Crippen LogP contribution in [0.25, 0.3) is 0 Å². The molecule has 0 radical (unpaired) electrons. The van der Waals surface area contributed by atoms with Crippen molar-refractivity contribution in [3.8, 4) is 0 Å². The average Bonchev–Trinajstić information content (AvgIpc) is 2.10. The van der Waals surface area contributed by atoms with E-state index in [1.807, 2.05) is 6.92 Å². The van der Waals surface area contributed by atoms with Gasteiger partial charge in [-0.05, 0) is 26.3 Å². The van der Waals surface area contributed by atoms with Crippen molar-refractivity contribution in [2.45, 2.75) is 32.1 Å². The highest BCUT2D eigenvalue weighted by molar-refractivity contribution is 6.20. The van der Waals surface area contributed by atoms with Crippen LogP contribution in [0, 0.1) is 0 Å². The second-order valence-electron chi connectivity index (χ2n) is 2.76. The van der Waals surface area contributed by atoms with Crippen molar-refractivity contribution in [3.63, 3.8) is 0 Å². The van der Waals surface area contributed by atoms with E-state index < -0.39 is 0 Å². The zero-order valence-corrected chi connectivity index (χ0v) is 8.86. The van der Waals surface area contributed by atoms with Gasteiger partial charge in [-0.2, -0.15) is 0 Å². The first kappa shape index (κ1) is 12.2. The molecular weight excluding hydrogens is 174 g/mol. The molecule has 0 aromatic carbocycles. The standard InChI is InChI=1S/C9H20ClNO/c1-3-9(10)8-11-6-5-7-12-4-2/h9,11H,3-8H2,1-2H3. The monoisotopic (exact) mass is 193 g/mol. The highest BCUT2D eigenvalue weighted by atomic mass is 35.5. The fourth-order valence-electron chi connectivity index (χ4n) is 0.847.